The van der Waals surface area contributed by atoms with E-state index in [1.165, 1.54) is 16.4 Å². The van der Waals surface area contributed by atoms with Crippen molar-refractivity contribution in [2.45, 2.75) is 44.0 Å². The highest BCUT2D eigenvalue weighted by atomic mass is 32.2. The van der Waals surface area contributed by atoms with Crippen LogP contribution in [0.2, 0.25) is 0 Å². The Morgan fingerprint density at radius 2 is 2.12 bits per heavy atom. The van der Waals surface area contributed by atoms with Gasteiger partial charge >= 0.3 is 0 Å². The van der Waals surface area contributed by atoms with E-state index in [2.05, 4.69) is 16.3 Å². The number of methoxy groups -OCH3 is 1. The van der Waals surface area contributed by atoms with Crippen molar-refractivity contribution in [3.8, 4) is 11.5 Å². The minimum atomic E-state index is -0.0262. The van der Waals surface area contributed by atoms with Crippen LogP contribution in [0.3, 0.4) is 0 Å². The van der Waals surface area contributed by atoms with Crippen LogP contribution in [0.4, 0.5) is 0 Å². The van der Waals surface area contributed by atoms with Crippen molar-refractivity contribution in [3.63, 3.8) is 0 Å². The molecule has 0 saturated heterocycles. The Labute approximate surface area is 196 Å². The van der Waals surface area contributed by atoms with Crippen LogP contribution >= 0.6 is 11.8 Å². The molecule has 0 spiro atoms. The maximum Gasteiger partial charge on any atom is 0.237 e. The minimum absolute atomic E-state index is 0.0262. The van der Waals surface area contributed by atoms with Gasteiger partial charge < -0.3 is 24.6 Å². The van der Waals surface area contributed by atoms with E-state index in [1.807, 2.05) is 30.3 Å². The molecule has 0 unspecified atom stereocenters. The molecule has 0 radical (unpaired) electrons. The summed E-state index contributed by atoms with van der Waals surface area (Å²) < 4.78 is 17.8. The average Bonchev–Trinajstić information content (AvgIpc) is 3.50. The molecule has 0 bridgehead atoms. The van der Waals surface area contributed by atoms with Crippen molar-refractivity contribution in [1.82, 2.24) is 19.8 Å². The Hall–Kier alpha value is -3.40. The third-order valence-electron chi connectivity index (χ3n) is 5.28. The lowest BCUT2D eigenvalue weighted by molar-refractivity contribution is -0.127. The fourth-order valence-electron chi connectivity index (χ4n) is 3.52. The van der Waals surface area contributed by atoms with Gasteiger partial charge in [-0.1, -0.05) is 23.9 Å². The van der Waals surface area contributed by atoms with Gasteiger partial charge in [-0.2, -0.15) is 0 Å². The zero-order chi connectivity index (χ0) is 23.0. The van der Waals surface area contributed by atoms with Crippen molar-refractivity contribution < 1.29 is 18.7 Å². The van der Waals surface area contributed by atoms with Crippen molar-refractivity contribution in [1.29, 1.82) is 0 Å². The van der Waals surface area contributed by atoms with E-state index < -0.39 is 0 Å². The van der Waals surface area contributed by atoms with Gasteiger partial charge in [0, 0.05) is 11.8 Å². The number of furan rings is 1. The van der Waals surface area contributed by atoms with Gasteiger partial charge in [0.15, 0.2) is 5.82 Å². The maximum absolute atomic E-state index is 13.1. The average molecular weight is 470 g/mol. The number of ether oxygens (including phenoxy) is 2. The largest absolute Gasteiger partial charge is 0.497 e. The molecule has 0 fully saturated rings. The summed E-state index contributed by atoms with van der Waals surface area (Å²) in [7, 11) is 1.60. The molecule has 0 atom stereocenters. The Morgan fingerprint density at radius 1 is 1.24 bits per heavy atom. The Balaban J connectivity index is 1.37. The smallest absolute Gasteiger partial charge is 0.237 e. The quantitative estimate of drug-likeness (QED) is 0.353. The van der Waals surface area contributed by atoms with Gasteiger partial charge in [0.2, 0.25) is 11.1 Å². The van der Waals surface area contributed by atoms with Gasteiger partial charge in [0.05, 0.1) is 25.7 Å². The number of nitrogens with two attached hydrogens (primary N) is 1. The number of nitrogen functional groups attached to an aromatic ring is 1. The number of hydrogen-bond donors (Lipinski definition) is 1. The lowest BCUT2D eigenvalue weighted by atomic mass is 10.0. The molecule has 174 valence electrons. The first-order valence-corrected chi connectivity index (χ1v) is 11.7. The zero-order valence-electron chi connectivity index (χ0n) is 18.5. The lowest BCUT2D eigenvalue weighted by Gasteiger charge is -2.27. The molecule has 0 aliphatic heterocycles. The monoisotopic (exact) mass is 469 g/mol. The Morgan fingerprint density at radius 3 is 2.88 bits per heavy atom. The summed E-state index contributed by atoms with van der Waals surface area (Å²) in [4.78, 5) is 14.9. The summed E-state index contributed by atoms with van der Waals surface area (Å²) in [6.45, 7) is 0.551. The number of rotatable bonds is 10. The van der Waals surface area contributed by atoms with Crippen LogP contribution in [0.1, 0.15) is 37.3 Å². The number of carbonyl (C=O) groups is 1. The molecule has 33 heavy (non-hydrogen) atoms. The van der Waals surface area contributed by atoms with E-state index in [0.717, 1.165) is 37.1 Å². The molecule has 4 rings (SSSR count). The summed E-state index contributed by atoms with van der Waals surface area (Å²) in [5.41, 5.74) is 1.05. The van der Waals surface area contributed by atoms with Crippen LogP contribution in [0.25, 0.3) is 0 Å². The normalized spacial score (nSPS) is 13.4. The van der Waals surface area contributed by atoms with E-state index >= 15 is 0 Å². The summed E-state index contributed by atoms with van der Waals surface area (Å²) in [6.07, 6.45) is 7.86. The molecule has 2 aromatic heterocycles. The van der Waals surface area contributed by atoms with Crippen LogP contribution < -0.4 is 15.3 Å². The molecule has 2 N–H and O–H groups in total. The van der Waals surface area contributed by atoms with Gasteiger partial charge in [-0.3, -0.25) is 4.79 Å². The number of carbonyl (C=O) groups excluding carboxylic acids is 1. The molecular weight excluding hydrogens is 442 g/mol. The SMILES string of the molecule is COc1cccc(OCc2nnc(SCC(=O)N(Cc3ccco3)C3=CCCCC3)n2N)c1. The van der Waals surface area contributed by atoms with Crippen LogP contribution in [-0.2, 0) is 17.9 Å². The van der Waals surface area contributed by atoms with E-state index in [1.54, 1.807) is 24.3 Å². The summed E-state index contributed by atoms with van der Waals surface area (Å²) >= 11 is 1.25. The van der Waals surface area contributed by atoms with Crippen molar-refractivity contribution in [3.05, 3.63) is 66.0 Å². The van der Waals surface area contributed by atoms with Crippen molar-refractivity contribution >= 4 is 17.7 Å². The molecule has 3 aromatic rings. The van der Waals surface area contributed by atoms with Crippen LogP contribution in [-0.4, -0.2) is 38.5 Å². The van der Waals surface area contributed by atoms with E-state index in [9.17, 15) is 4.79 Å². The number of hydrogen-bond acceptors (Lipinski definition) is 8. The van der Waals surface area contributed by atoms with Crippen molar-refractivity contribution in [2.75, 3.05) is 18.7 Å². The summed E-state index contributed by atoms with van der Waals surface area (Å²) in [6, 6.07) is 11.0. The van der Waals surface area contributed by atoms with Gasteiger partial charge in [0.1, 0.15) is 23.9 Å². The summed E-state index contributed by atoms with van der Waals surface area (Å²) in [5, 5.41) is 8.68. The number of allylic oxidation sites excluding steroid dienone is 2. The molecule has 10 heteroatoms. The number of benzene rings is 1. The predicted octanol–water partition coefficient (Wildman–Crippen LogP) is 3.75. The van der Waals surface area contributed by atoms with Crippen LogP contribution in [0.15, 0.2) is 64.0 Å². The molecule has 0 saturated carbocycles. The standard InChI is InChI=1S/C23H27N5O4S/c1-30-18-9-5-10-19(13-18)32-15-21-25-26-23(28(21)24)33-16-22(29)27(14-20-11-6-12-31-20)17-7-3-2-4-8-17/h5-7,9-13H,2-4,8,14-16,24H2,1H3. The van der Waals surface area contributed by atoms with Crippen LogP contribution in [0, 0.1) is 0 Å². The lowest BCUT2D eigenvalue weighted by Crippen LogP contribution is -2.32. The topological polar surface area (TPSA) is 109 Å². The molecule has 1 aliphatic rings. The molecule has 9 nitrogen and oxygen atoms in total. The Bertz CT molecular complexity index is 1100. The highest BCUT2D eigenvalue weighted by molar-refractivity contribution is 7.99. The second-order valence-corrected chi connectivity index (χ2v) is 8.47. The van der Waals surface area contributed by atoms with Gasteiger partial charge in [-0.15, -0.1) is 10.2 Å². The molecule has 1 aliphatic carbocycles. The fourth-order valence-corrected chi connectivity index (χ4v) is 4.27. The minimum Gasteiger partial charge on any atom is -0.497 e. The van der Waals surface area contributed by atoms with Gasteiger partial charge in [0.25, 0.3) is 0 Å². The first kappa shape index (κ1) is 22.8. The third-order valence-corrected chi connectivity index (χ3v) is 6.21. The Kier molecular flexibility index (Phi) is 7.56. The predicted molar refractivity (Wildman–Crippen MR) is 124 cm³/mol. The van der Waals surface area contributed by atoms with E-state index in [4.69, 9.17) is 19.7 Å². The molecular formula is C23H27N5O4S. The van der Waals surface area contributed by atoms with E-state index in [-0.39, 0.29) is 18.3 Å². The first-order chi connectivity index (χ1) is 16.1. The number of aromatic nitrogens is 3. The van der Waals surface area contributed by atoms with Gasteiger partial charge in [-0.25, -0.2) is 4.68 Å². The first-order valence-electron chi connectivity index (χ1n) is 10.7. The molecule has 1 amide bonds. The fraction of sp³-hybridized carbons (Fsp3) is 0.348. The van der Waals surface area contributed by atoms with Gasteiger partial charge in [-0.05, 0) is 49.9 Å². The summed E-state index contributed by atoms with van der Waals surface area (Å²) in [5.74, 6) is 8.85. The second kappa shape index (κ2) is 11.0. The number of amides is 1. The number of nitrogens with zero attached hydrogens (tertiary/aromatic N) is 4. The molecule has 1 aromatic carbocycles. The third kappa shape index (κ3) is 5.89. The molecule has 2 heterocycles. The highest BCUT2D eigenvalue weighted by Crippen LogP contribution is 2.25. The van der Waals surface area contributed by atoms with Crippen molar-refractivity contribution in [2.24, 2.45) is 0 Å². The highest BCUT2D eigenvalue weighted by Gasteiger charge is 2.22. The maximum atomic E-state index is 13.1. The second-order valence-electron chi connectivity index (χ2n) is 7.53. The zero-order valence-corrected chi connectivity index (χ0v) is 19.3. The number of thioether (sulfide) groups is 1. The van der Waals surface area contributed by atoms with Crippen LogP contribution in [0.5, 0.6) is 11.5 Å². The van der Waals surface area contributed by atoms with E-state index in [0.29, 0.717) is 29.0 Å².